The summed E-state index contributed by atoms with van der Waals surface area (Å²) in [6.07, 6.45) is 4.23. The number of anilines is 1. The number of hydrogen-bond donors (Lipinski definition) is 2. The number of carbonyl (C=O) groups excluding carboxylic acids is 1. The molecule has 0 saturated carbocycles. The number of likely N-dealkylation sites (tertiary alicyclic amines) is 1. The first-order chi connectivity index (χ1) is 9.67. The van der Waals surface area contributed by atoms with Gasteiger partial charge in [0.2, 0.25) is 0 Å². The first-order valence-corrected chi connectivity index (χ1v) is 7.36. The normalized spacial score (nSPS) is 18.4. The summed E-state index contributed by atoms with van der Waals surface area (Å²) < 4.78 is 0. The van der Waals surface area contributed by atoms with E-state index in [1.54, 1.807) is 11.0 Å². The van der Waals surface area contributed by atoms with E-state index >= 15 is 0 Å². The molecule has 0 aliphatic carbocycles. The fraction of sp³-hybridized carbons (Fsp3) is 0.571. The number of amides is 1. The largest absolute Gasteiger partial charge is 0.394 e. The number of carbonyl (C=O) groups is 1. The Bertz CT molecular complexity index is 481. The van der Waals surface area contributed by atoms with Gasteiger partial charge >= 0.3 is 0 Å². The summed E-state index contributed by atoms with van der Waals surface area (Å²) in [5, 5.41) is 12.8. The molecule has 0 bridgehead atoms. The second kappa shape index (κ2) is 6.90. The maximum atomic E-state index is 12.5. The van der Waals surface area contributed by atoms with Gasteiger partial charge in [-0.05, 0) is 25.3 Å². The number of aliphatic hydroxyl groups is 1. The molecule has 0 spiro atoms. The minimum Gasteiger partial charge on any atom is -0.394 e. The molecule has 20 heavy (non-hydrogen) atoms. The van der Waals surface area contributed by atoms with Crippen LogP contribution in [0.15, 0.2) is 12.3 Å². The molecule has 1 aliphatic heterocycles. The fourth-order valence-electron chi connectivity index (χ4n) is 2.40. The lowest BCUT2D eigenvalue weighted by molar-refractivity contribution is 0.0677. The summed E-state index contributed by atoms with van der Waals surface area (Å²) in [6.45, 7) is 3.52. The van der Waals surface area contributed by atoms with Crippen molar-refractivity contribution in [3.8, 4) is 0 Å². The molecule has 110 valence electrons. The Labute approximate surface area is 123 Å². The predicted octanol–water partition coefficient (Wildman–Crippen LogP) is 2.15. The molecule has 1 unspecified atom stereocenters. The van der Waals surface area contributed by atoms with E-state index in [2.05, 4.69) is 17.2 Å². The number of nitrogens with one attached hydrogen (secondary N) is 1. The molecule has 6 heteroatoms. The third-order valence-corrected chi connectivity index (χ3v) is 3.79. The molecule has 1 amide bonds. The van der Waals surface area contributed by atoms with Crippen LogP contribution in [0.3, 0.4) is 0 Å². The van der Waals surface area contributed by atoms with Gasteiger partial charge in [0.05, 0.1) is 23.2 Å². The standard InChI is InChI=1S/C14H20ClN3O2/c1-2-5-16-13-7-11(12(15)8-17-13)14(20)18-6-3-4-10(18)9-19/h7-8,10,19H,2-6,9H2,1H3,(H,16,17). The van der Waals surface area contributed by atoms with Gasteiger partial charge < -0.3 is 15.3 Å². The molecule has 1 aromatic rings. The van der Waals surface area contributed by atoms with Crippen LogP contribution in [-0.4, -0.2) is 46.6 Å². The maximum Gasteiger partial charge on any atom is 0.255 e. The van der Waals surface area contributed by atoms with E-state index in [0.29, 0.717) is 22.9 Å². The topological polar surface area (TPSA) is 65.5 Å². The van der Waals surface area contributed by atoms with Crippen molar-refractivity contribution in [2.45, 2.75) is 32.2 Å². The summed E-state index contributed by atoms with van der Waals surface area (Å²) in [7, 11) is 0. The zero-order chi connectivity index (χ0) is 14.5. The van der Waals surface area contributed by atoms with Gasteiger partial charge in [-0.1, -0.05) is 18.5 Å². The lowest BCUT2D eigenvalue weighted by Gasteiger charge is -2.23. The average Bonchev–Trinajstić information content (AvgIpc) is 2.94. The van der Waals surface area contributed by atoms with Crippen molar-refractivity contribution in [2.75, 3.05) is 25.0 Å². The minimum absolute atomic E-state index is 0.00458. The highest BCUT2D eigenvalue weighted by atomic mass is 35.5. The highest BCUT2D eigenvalue weighted by Crippen LogP contribution is 2.24. The van der Waals surface area contributed by atoms with Crippen molar-refractivity contribution in [2.24, 2.45) is 0 Å². The molecule has 0 radical (unpaired) electrons. The van der Waals surface area contributed by atoms with Crippen molar-refractivity contribution in [3.05, 3.63) is 22.8 Å². The summed E-state index contributed by atoms with van der Waals surface area (Å²) in [4.78, 5) is 18.4. The van der Waals surface area contributed by atoms with E-state index in [9.17, 15) is 9.90 Å². The summed E-state index contributed by atoms with van der Waals surface area (Å²) in [5.41, 5.74) is 0.445. The molecular formula is C14H20ClN3O2. The number of rotatable bonds is 5. The molecule has 2 N–H and O–H groups in total. The zero-order valence-electron chi connectivity index (χ0n) is 11.6. The van der Waals surface area contributed by atoms with E-state index in [1.807, 2.05) is 0 Å². The summed E-state index contributed by atoms with van der Waals surface area (Å²) in [6, 6.07) is 1.59. The van der Waals surface area contributed by atoms with Crippen molar-refractivity contribution in [1.82, 2.24) is 9.88 Å². The van der Waals surface area contributed by atoms with Gasteiger partial charge in [0.1, 0.15) is 5.82 Å². The van der Waals surface area contributed by atoms with Gasteiger partial charge in [0.25, 0.3) is 5.91 Å². The SMILES string of the molecule is CCCNc1cc(C(=O)N2CCCC2CO)c(Cl)cn1. The van der Waals surface area contributed by atoms with Gasteiger partial charge in [-0.15, -0.1) is 0 Å². The van der Waals surface area contributed by atoms with Crippen LogP contribution in [0.25, 0.3) is 0 Å². The van der Waals surface area contributed by atoms with Crippen LogP contribution in [-0.2, 0) is 0 Å². The second-order valence-corrected chi connectivity index (χ2v) is 5.36. The minimum atomic E-state index is -0.131. The number of aromatic nitrogens is 1. The predicted molar refractivity (Wildman–Crippen MR) is 79.2 cm³/mol. The van der Waals surface area contributed by atoms with Crippen molar-refractivity contribution in [3.63, 3.8) is 0 Å². The van der Waals surface area contributed by atoms with Crippen LogP contribution in [0.4, 0.5) is 5.82 Å². The van der Waals surface area contributed by atoms with Crippen molar-refractivity contribution >= 4 is 23.3 Å². The Morgan fingerprint density at radius 3 is 3.15 bits per heavy atom. The highest BCUT2D eigenvalue weighted by molar-refractivity contribution is 6.33. The molecule has 2 heterocycles. The smallest absolute Gasteiger partial charge is 0.255 e. The first kappa shape index (κ1) is 15.1. The number of pyridine rings is 1. The molecule has 1 saturated heterocycles. The Hall–Kier alpha value is -1.33. The van der Waals surface area contributed by atoms with E-state index in [1.165, 1.54) is 6.20 Å². The van der Waals surface area contributed by atoms with E-state index in [0.717, 1.165) is 25.8 Å². The summed E-state index contributed by atoms with van der Waals surface area (Å²) in [5.74, 6) is 0.521. The lowest BCUT2D eigenvalue weighted by Crippen LogP contribution is -2.37. The number of nitrogens with zero attached hydrogens (tertiary/aromatic N) is 2. The maximum absolute atomic E-state index is 12.5. The van der Waals surface area contributed by atoms with Crippen LogP contribution in [0.5, 0.6) is 0 Å². The van der Waals surface area contributed by atoms with Gasteiger partial charge in [0.15, 0.2) is 0 Å². The molecule has 0 aromatic carbocycles. The van der Waals surface area contributed by atoms with Gasteiger partial charge in [-0.25, -0.2) is 4.98 Å². The molecule has 1 aromatic heterocycles. The molecule has 1 fully saturated rings. The van der Waals surface area contributed by atoms with E-state index in [4.69, 9.17) is 11.6 Å². The van der Waals surface area contributed by atoms with E-state index in [-0.39, 0.29) is 18.6 Å². The second-order valence-electron chi connectivity index (χ2n) is 4.95. The molecule has 5 nitrogen and oxygen atoms in total. The van der Waals surface area contributed by atoms with Crippen LogP contribution in [0.2, 0.25) is 5.02 Å². The molecule has 1 atom stereocenters. The number of halogens is 1. The summed E-state index contributed by atoms with van der Waals surface area (Å²) >= 11 is 6.09. The fourth-order valence-corrected chi connectivity index (χ4v) is 2.58. The van der Waals surface area contributed by atoms with Crippen molar-refractivity contribution in [1.29, 1.82) is 0 Å². The third-order valence-electron chi connectivity index (χ3n) is 3.49. The molecule has 2 rings (SSSR count). The number of hydrogen-bond acceptors (Lipinski definition) is 4. The lowest BCUT2D eigenvalue weighted by atomic mass is 10.2. The monoisotopic (exact) mass is 297 g/mol. The van der Waals surface area contributed by atoms with Crippen LogP contribution in [0, 0.1) is 0 Å². The first-order valence-electron chi connectivity index (χ1n) is 6.98. The van der Waals surface area contributed by atoms with Crippen LogP contribution < -0.4 is 5.32 Å². The Morgan fingerprint density at radius 2 is 2.45 bits per heavy atom. The Kier molecular flexibility index (Phi) is 5.20. The average molecular weight is 298 g/mol. The molecule has 1 aliphatic rings. The zero-order valence-corrected chi connectivity index (χ0v) is 12.4. The van der Waals surface area contributed by atoms with Crippen molar-refractivity contribution < 1.29 is 9.90 Å². The van der Waals surface area contributed by atoms with Gasteiger partial charge in [0, 0.05) is 19.3 Å². The van der Waals surface area contributed by atoms with Crippen LogP contribution >= 0.6 is 11.6 Å². The number of aliphatic hydroxyl groups excluding tert-OH is 1. The van der Waals surface area contributed by atoms with Gasteiger partial charge in [-0.3, -0.25) is 4.79 Å². The quantitative estimate of drug-likeness (QED) is 0.874. The Balaban J connectivity index is 2.20. The van der Waals surface area contributed by atoms with E-state index < -0.39 is 0 Å². The molecular weight excluding hydrogens is 278 g/mol. The van der Waals surface area contributed by atoms with Gasteiger partial charge in [-0.2, -0.15) is 0 Å². The Morgan fingerprint density at radius 1 is 1.65 bits per heavy atom. The van der Waals surface area contributed by atoms with Crippen LogP contribution in [0.1, 0.15) is 36.5 Å². The third kappa shape index (κ3) is 3.22. The highest BCUT2D eigenvalue weighted by Gasteiger charge is 2.30.